The van der Waals surface area contributed by atoms with E-state index in [2.05, 4.69) is 76.3 Å². The minimum Gasteiger partial charge on any atom is -0.369 e. The van der Waals surface area contributed by atoms with Crippen LogP contribution < -0.4 is 15.1 Å². The van der Waals surface area contributed by atoms with Crippen LogP contribution in [0, 0.1) is 0 Å². The van der Waals surface area contributed by atoms with Gasteiger partial charge in [0, 0.05) is 73.5 Å². The molecule has 2 aromatic rings. The van der Waals surface area contributed by atoms with Crippen LogP contribution >= 0.6 is 11.8 Å². The molecule has 0 atom stereocenters. The quantitative estimate of drug-likeness (QED) is 0.602. The number of aryl methyl sites for hydroxylation is 1. The molecule has 32 heavy (non-hydrogen) atoms. The summed E-state index contributed by atoms with van der Waals surface area (Å²) >= 11 is 1.95. The summed E-state index contributed by atoms with van der Waals surface area (Å²) in [6.45, 7) is 11.3. The van der Waals surface area contributed by atoms with Gasteiger partial charge in [-0.1, -0.05) is 25.1 Å². The summed E-state index contributed by atoms with van der Waals surface area (Å²) in [5.41, 5.74) is 6.82. The Hall–Kier alpha value is -1.89. The SMILES string of the molecule is CCCCc1cc(N2CCN(C)CC2)cc2c1Nc1ccc(N3CCN(C)CC3)cc1S2. The average molecular weight is 452 g/mol. The van der Waals surface area contributed by atoms with Gasteiger partial charge in [-0.2, -0.15) is 0 Å². The summed E-state index contributed by atoms with van der Waals surface area (Å²) in [6, 6.07) is 11.9. The van der Waals surface area contributed by atoms with Crippen molar-refractivity contribution in [3.63, 3.8) is 0 Å². The highest BCUT2D eigenvalue weighted by Crippen LogP contribution is 2.48. The Morgan fingerprint density at radius 1 is 0.781 bits per heavy atom. The van der Waals surface area contributed by atoms with E-state index in [0.717, 1.165) is 58.8 Å². The van der Waals surface area contributed by atoms with Crippen molar-refractivity contribution in [2.45, 2.75) is 36.0 Å². The number of rotatable bonds is 5. The molecule has 1 N–H and O–H groups in total. The number of fused-ring (bicyclic) bond motifs is 2. The van der Waals surface area contributed by atoms with E-state index >= 15 is 0 Å². The largest absolute Gasteiger partial charge is 0.369 e. The molecule has 2 saturated heterocycles. The van der Waals surface area contributed by atoms with Crippen molar-refractivity contribution in [2.75, 3.05) is 81.6 Å². The Morgan fingerprint density at radius 2 is 1.41 bits per heavy atom. The summed E-state index contributed by atoms with van der Waals surface area (Å²) in [5.74, 6) is 0. The summed E-state index contributed by atoms with van der Waals surface area (Å²) in [5, 5.41) is 3.82. The highest BCUT2D eigenvalue weighted by Gasteiger charge is 2.24. The molecule has 0 unspecified atom stereocenters. The van der Waals surface area contributed by atoms with Gasteiger partial charge in [-0.05, 0) is 62.8 Å². The van der Waals surface area contributed by atoms with Crippen molar-refractivity contribution in [1.29, 1.82) is 0 Å². The maximum atomic E-state index is 3.82. The third kappa shape index (κ3) is 4.59. The molecule has 2 aromatic carbocycles. The lowest BCUT2D eigenvalue weighted by molar-refractivity contribution is 0.313. The van der Waals surface area contributed by atoms with E-state index in [9.17, 15) is 0 Å². The number of benzene rings is 2. The van der Waals surface area contributed by atoms with E-state index in [1.807, 2.05) is 11.8 Å². The number of piperazine rings is 2. The molecule has 3 aliphatic heterocycles. The number of anilines is 4. The van der Waals surface area contributed by atoms with Crippen LogP contribution in [0.25, 0.3) is 0 Å². The third-order valence-corrected chi connectivity index (χ3v) is 8.25. The zero-order valence-corrected chi connectivity index (χ0v) is 20.7. The van der Waals surface area contributed by atoms with Gasteiger partial charge in [-0.25, -0.2) is 0 Å². The van der Waals surface area contributed by atoms with Gasteiger partial charge in [-0.15, -0.1) is 0 Å². The zero-order valence-electron chi connectivity index (χ0n) is 19.9. The lowest BCUT2D eigenvalue weighted by atomic mass is 10.0. The zero-order chi connectivity index (χ0) is 22.1. The van der Waals surface area contributed by atoms with Crippen molar-refractivity contribution < 1.29 is 0 Å². The Labute approximate surface area is 197 Å². The second kappa shape index (κ2) is 9.54. The fourth-order valence-electron chi connectivity index (χ4n) is 4.90. The number of likely N-dealkylation sites (N-methyl/N-ethyl adjacent to an activating group) is 2. The molecule has 0 aliphatic carbocycles. The van der Waals surface area contributed by atoms with Gasteiger partial charge in [0.1, 0.15) is 0 Å². The van der Waals surface area contributed by atoms with Crippen LogP contribution in [0.15, 0.2) is 40.1 Å². The molecule has 0 bridgehead atoms. The fourth-order valence-corrected chi connectivity index (χ4v) is 6.01. The Bertz CT molecular complexity index is 945. The van der Waals surface area contributed by atoms with E-state index in [1.165, 1.54) is 50.9 Å². The van der Waals surface area contributed by atoms with Gasteiger partial charge in [0.05, 0.1) is 11.4 Å². The van der Waals surface area contributed by atoms with Gasteiger partial charge in [0.2, 0.25) is 0 Å². The normalized spacial score (nSPS) is 19.5. The first-order valence-electron chi connectivity index (χ1n) is 12.2. The van der Waals surface area contributed by atoms with Crippen molar-refractivity contribution in [2.24, 2.45) is 0 Å². The highest BCUT2D eigenvalue weighted by molar-refractivity contribution is 7.99. The molecule has 0 spiro atoms. The average Bonchev–Trinajstić information content (AvgIpc) is 2.81. The molecule has 172 valence electrons. The maximum absolute atomic E-state index is 3.82. The second-order valence-electron chi connectivity index (χ2n) is 9.57. The number of nitrogens with zero attached hydrogens (tertiary/aromatic N) is 4. The van der Waals surface area contributed by atoms with E-state index in [0.29, 0.717) is 0 Å². The third-order valence-electron chi connectivity index (χ3n) is 7.15. The van der Waals surface area contributed by atoms with Gasteiger partial charge in [0.25, 0.3) is 0 Å². The van der Waals surface area contributed by atoms with Crippen LogP contribution in [-0.2, 0) is 6.42 Å². The predicted molar refractivity (Wildman–Crippen MR) is 138 cm³/mol. The standard InChI is InChI=1S/C26H37N5S/c1-4-5-6-20-17-22(31-15-11-29(3)12-16-31)19-25-26(20)27-23-8-7-21(18-24(23)32-25)30-13-9-28(2)10-14-30/h7-8,17-19,27H,4-6,9-16H2,1-3H3. The maximum Gasteiger partial charge on any atom is 0.0560 e. The van der Waals surface area contributed by atoms with Crippen LogP contribution in [0.5, 0.6) is 0 Å². The fraction of sp³-hybridized carbons (Fsp3) is 0.538. The summed E-state index contributed by atoms with van der Waals surface area (Å²) in [6.07, 6.45) is 3.61. The first kappa shape index (κ1) is 21.9. The van der Waals surface area contributed by atoms with Gasteiger partial charge in [0.15, 0.2) is 0 Å². The van der Waals surface area contributed by atoms with Gasteiger partial charge in [-0.3, -0.25) is 0 Å². The van der Waals surface area contributed by atoms with Crippen LogP contribution in [-0.4, -0.2) is 76.3 Å². The lowest BCUT2D eigenvalue weighted by Gasteiger charge is -2.36. The molecular formula is C26H37N5S. The molecule has 3 heterocycles. The molecule has 3 aliphatic rings. The topological polar surface area (TPSA) is 25.0 Å². The second-order valence-corrected chi connectivity index (χ2v) is 10.7. The van der Waals surface area contributed by atoms with E-state index in [1.54, 1.807) is 0 Å². The first-order chi connectivity index (χ1) is 15.6. The Balaban J connectivity index is 1.43. The van der Waals surface area contributed by atoms with Crippen molar-refractivity contribution >= 4 is 34.5 Å². The minimum atomic E-state index is 1.11. The van der Waals surface area contributed by atoms with E-state index in [4.69, 9.17) is 0 Å². The number of hydrogen-bond donors (Lipinski definition) is 1. The molecule has 2 fully saturated rings. The number of nitrogens with one attached hydrogen (secondary N) is 1. The molecule has 0 amide bonds. The summed E-state index contributed by atoms with van der Waals surface area (Å²) < 4.78 is 0. The van der Waals surface area contributed by atoms with Crippen LogP contribution in [0.2, 0.25) is 0 Å². The van der Waals surface area contributed by atoms with Crippen molar-refractivity contribution in [1.82, 2.24) is 9.80 Å². The van der Waals surface area contributed by atoms with Gasteiger partial charge >= 0.3 is 0 Å². The highest BCUT2D eigenvalue weighted by atomic mass is 32.2. The number of unbranched alkanes of at least 4 members (excludes halogenated alkanes) is 1. The van der Waals surface area contributed by atoms with Crippen molar-refractivity contribution in [3.05, 3.63) is 35.9 Å². The van der Waals surface area contributed by atoms with Crippen LogP contribution in [0.3, 0.4) is 0 Å². The van der Waals surface area contributed by atoms with Gasteiger partial charge < -0.3 is 24.9 Å². The molecule has 5 nitrogen and oxygen atoms in total. The first-order valence-corrected chi connectivity index (χ1v) is 13.0. The lowest BCUT2D eigenvalue weighted by Crippen LogP contribution is -2.44. The summed E-state index contributed by atoms with van der Waals surface area (Å²) in [7, 11) is 4.44. The van der Waals surface area contributed by atoms with Crippen LogP contribution in [0.4, 0.5) is 22.7 Å². The molecule has 0 aromatic heterocycles. The molecule has 0 radical (unpaired) electrons. The molecule has 0 saturated carbocycles. The minimum absolute atomic E-state index is 1.11. The summed E-state index contributed by atoms with van der Waals surface area (Å²) in [4.78, 5) is 12.7. The number of hydrogen-bond acceptors (Lipinski definition) is 6. The van der Waals surface area contributed by atoms with Crippen LogP contribution in [0.1, 0.15) is 25.3 Å². The monoisotopic (exact) mass is 451 g/mol. The predicted octanol–water partition coefficient (Wildman–Crippen LogP) is 4.74. The molecule has 6 heteroatoms. The Morgan fingerprint density at radius 3 is 2.06 bits per heavy atom. The Kier molecular flexibility index (Phi) is 6.54. The molecular weight excluding hydrogens is 414 g/mol. The molecule has 5 rings (SSSR count). The smallest absolute Gasteiger partial charge is 0.0560 e. The van der Waals surface area contributed by atoms with E-state index < -0.39 is 0 Å². The van der Waals surface area contributed by atoms with Crippen molar-refractivity contribution in [3.8, 4) is 0 Å². The van der Waals surface area contributed by atoms with E-state index in [-0.39, 0.29) is 0 Å².